The Balaban J connectivity index is 1.40. The molecular weight excluding hydrogens is 383 g/mol. The van der Waals surface area contributed by atoms with Crippen LogP contribution in [0, 0.1) is 5.82 Å². The highest BCUT2D eigenvalue weighted by Crippen LogP contribution is 2.33. The van der Waals surface area contributed by atoms with Gasteiger partial charge >= 0.3 is 0 Å². The van der Waals surface area contributed by atoms with Crippen molar-refractivity contribution in [2.45, 2.75) is 20.2 Å². The Hall–Kier alpha value is -1.89. The molecule has 1 aromatic heterocycles. The second-order valence-electron chi connectivity index (χ2n) is 5.64. The van der Waals surface area contributed by atoms with E-state index in [1.165, 1.54) is 34.2 Å². The molecule has 4 rings (SSSR count). The van der Waals surface area contributed by atoms with Crippen LogP contribution in [0.25, 0.3) is 10.8 Å². The van der Waals surface area contributed by atoms with Crippen molar-refractivity contribution in [3.8, 4) is 0 Å². The Bertz CT molecular complexity index is 1030. The fourth-order valence-corrected chi connectivity index (χ4v) is 5.64. The second kappa shape index (κ2) is 8.20. The summed E-state index contributed by atoms with van der Waals surface area (Å²) in [6.07, 6.45) is 0. The summed E-state index contributed by atoms with van der Waals surface area (Å²) in [6, 6.07) is 21.6. The fourth-order valence-electron chi connectivity index (χ4n) is 2.63. The molecule has 0 aliphatic rings. The van der Waals surface area contributed by atoms with Crippen LogP contribution in [0.2, 0.25) is 0 Å². The zero-order valence-electron chi connectivity index (χ0n) is 13.8. The zero-order chi connectivity index (χ0) is 17.8. The standard InChI is InChI=1S/C20H15FN2S3/c21-18-11-4-2-7-16(18)13-25-20-23-22-19(26-20)24-12-15-9-5-8-14-6-1-3-10-17(14)15/h1-11H,12-13H2. The highest BCUT2D eigenvalue weighted by Gasteiger charge is 2.09. The number of aromatic nitrogens is 2. The van der Waals surface area contributed by atoms with Gasteiger partial charge in [-0.3, -0.25) is 0 Å². The molecule has 1 heterocycles. The molecule has 0 saturated carbocycles. The summed E-state index contributed by atoms with van der Waals surface area (Å²) in [5.41, 5.74) is 1.99. The van der Waals surface area contributed by atoms with Gasteiger partial charge in [-0.15, -0.1) is 10.2 Å². The average molecular weight is 399 g/mol. The van der Waals surface area contributed by atoms with Gasteiger partial charge in [0.2, 0.25) is 0 Å². The topological polar surface area (TPSA) is 25.8 Å². The molecule has 0 atom stereocenters. The monoisotopic (exact) mass is 398 g/mol. The van der Waals surface area contributed by atoms with Crippen molar-refractivity contribution in [1.29, 1.82) is 0 Å². The minimum Gasteiger partial charge on any atom is -0.207 e. The summed E-state index contributed by atoms with van der Waals surface area (Å²) in [7, 11) is 0. The number of hydrogen-bond acceptors (Lipinski definition) is 5. The summed E-state index contributed by atoms with van der Waals surface area (Å²) in [5.74, 6) is 1.25. The maximum absolute atomic E-state index is 13.7. The third-order valence-electron chi connectivity index (χ3n) is 3.93. The van der Waals surface area contributed by atoms with Crippen LogP contribution in [0.1, 0.15) is 11.1 Å². The molecule has 0 aliphatic heterocycles. The zero-order valence-corrected chi connectivity index (χ0v) is 16.2. The maximum atomic E-state index is 13.7. The Morgan fingerprint density at radius 3 is 2.15 bits per heavy atom. The van der Waals surface area contributed by atoms with Gasteiger partial charge in [0.1, 0.15) is 5.82 Å². The number of rotatable bonds is 6. The van der Waals surface area contributed by atoms with E-state index < -0.39 is 0 Å². The van der Waals surface area contributed by atoms with E-state index in [9.17, 15) is 4.39 Å². The van der Waals surface area contributed by atoms with Gasteiger partial charge in [0.05, 0.1) is 0 Å². The normalized spacial score (nSPS) is 11.1. The van der Waals surface area contributed by atoms with Crippen LogP contribution in [0.4, 0.5) is 4.39 Å². The Morgan fingerprint density at radius 2 is 1.35 bits per heavy atom. The largest absolute Gasteiger partial charge is 0.207 e. The average Bonchev–Trinajstić information content (AvgIpc) is 3.13. The lowest BCUT2D eigenvalue weighted by Gasteiger charge is -2.04. The summed E-state index contributed by atoms with van der Waals surface area (Å²) in [6.45, 7) is 0. The predicted octanol–water partition coefficient (Wildman–Crippen LogP) is 6.42. The van der Waals surface area contributed by atoms with Crippen LogP contribution >= 0.6 is 34.9 Å². The van der Waals surface area contributed by atoms with Crippen molar-refractivity contribution in [2.24, 2.45) is 0 Å². The van der Waals surface area contributed by atoms with Crippen molar-refractivity contribution in [2.75, 3.05) is 0 Å². The molecule has 130 valence electrons. The summed E-state index contributed by atoms with van der Waals surface area (Å²) >= 11 is 4.78. The fraction of sp³-hybridized carbons (Fsp3) is 0.100. The number of nitrogens with zero attached hydrogens (tertiary/aromatic N) is 2. The predicted molar refractivity (Wildman–Crippen MR) is 109 cm³/mol. The first-order valence-electron chi connectivity index (χ1n) is 8.09. The third kappa shape index (κ3) is 4.09. The number of hydrogen-bond donors (Lipinski definition) is 0. The molecule has 0 amide bonds. The van der Waals surface area contributed by atoms with E-state index in [0.717, 1.165) is 14.4 Å². The van der Waals surface area contributed by atoms with Crippen LogP contribution in [0.3, 0.4) is 0 Å². The number of halogens is 1. The smallest absolute Gasteiger partial charge is 0.175 e. The van der Waals surface area contributed by atoms with Crippen molar-refractivity contribution < 1.29 is 4.39 Å². The summed E-state index contributed by atoms with van der Waals surface area (Å²) < 4.78 is 15.5. The molecular formula is C20H15FN2S3. The van der Waals surface area contributed by atoms with Crippen LogP contribution in [-0.2, 0) is 11.5 Å². The molecule has 4 aromatic rings. The summed E-state index contributed by atoms with van der Waals surface area (Å²) in [4.78, 5) is 0. The van der Waals surface area contributed by atoms with Crippen molar-refractivity contribution >= 4 is 45.6 Å². The van der Waals surface area contributed by atoms with Crippen LogP contribution in [0.15, 0.2) is 75.4 Å². The molecule has 0 aliphatic carbocycles. The molecule has 2 nitrogen and oxygen atoms in total. The van der Waals surface area contributed by atoms with E-state index in [4.69, 9.17) is 0 Å². The Labute approximate surface area is 163 Å². The number of benzene rings is 3. The molecule has 0 saturated heterocycles. The van der Waals surface area contributed by atoms with E-state index in [1.54, 1.807) is 35.2 Å². The van der Waals surface area contributed by atoms with E-state index in [2.05, 4.69) is 52.7 Å². The first-order chi connectivity index (χ1) is 12.8. The quantitative estimate of drug-likeness (QED) is 0.350. The van der Waals surface area contributed by atoms with Crippen molar-refractivity contribution in [1.82, 2.24) is 10.2 Å². The molecule has 0 bridgehead atoms. The Morgan fingerprint density at radius 1 is 0.731 bits per heavy atom. The molecule has 0 fully saturated rings. The lowest BCUT2D eigenvalue weighted by Crippen LogP contribution is -1.85. The third-order valence-corrected chi connectivity index (χ3v) is 7.22. The van der Waals surface area contributed by atoms with E-state index >= 15 is 0 Å². The molecule has 3 aromatic carbocycles. The SMILES string of the molecule is Fc1ccccc1CSc1nnc(SCc2cccc3ccccc23)s1. The minimum atomic E-state index is -0.171. The number of fused-ring (bicyclic) bond motifs is 1. The lowest BCUT2D eigenvalue weighted by atomic mass is 10.1. The second-order valence-corrected chi connectivity index (χ2v) is 9.06. The van der Waals surface area contributed by atoms with Gasteiger partial charge in [-0.25, -0.2) is 4.39 Å². The van der Waals surface area contributed by atoms with Gasteiger partial charge in [0.15, 0.2) is 8.68 Å². The molecule has 0 N–H and O–H groups in total. The van der Waals surface area contributed by atoms with Gasteiger partial charge in [-0.05, 0) is 28.0 Å². The highest BCUT2D eigenvalue weighted by atomic mass is 32.2. The molecule has 0 radical (unpaired) electrons. The molecule has 6 heteroatoms. The summed E-state index contributed by atoms with van der Waals surface area (Å²) in [5, 5.41) is 11.0. The van der Waals surface area contributed by atoms with E-state index in [1.807, 2.05) is 6.07 Å². The van der Waals surface area contributed by atoms with Gasteiger partial charge in [0.25, 0.3) is 0 Å². The van der Waals surface area contributed by atoms with E-state index in [-0.39, 0.29) is 5.82 Å². The Kier molecular flexibility index (Phi) is 5.53. The van der Waals surface area contributed by atoms with Gasteiger partial charge in [-0.2, -0.15) is 0 Å². The molecule has 26 heavy (non-hydrogen) atoms. The van der Waals surface area contributed by atoms with Gasteiger partial charge in [-0.1, -0.05) is 95.5 Å². The van der Waals surface area contributed by atoms with E-state index in [0.29, 0.717) is 11.3 Å². The number of thioether (sulfide) groups is 2. The maximum Gasteiger partial charge on any atom is 0.175 e. The van der Waals surface area contributed by atoms with Crippen molar-refractivity contribution in [3.63, 3.8) is 0 Å². The van der Waals surface area contributed by atoms with Crippen LogP contribution in [0.5, 0.6) is 0 Å². The first kappa shape index (κ1) is 17.5. The van der Waals surface area contributed by atoms with Gasteiger partial charge in [0, 0.05) is 11.5 Å². The minimum absolute atomic E-state index is 0.171. The first-order valence-corrected chi connectivity index (χ1v) is 10.9. The highest BCUT2D eigenvalue weighted by molar-refractivity contribution is 8.02. The molecule has 0 spiro atoms. The van der Waals surface area contributed by atoms with Crippen LogP contribution in [-0.4, -0.2) is 10.2 Å². The van der Waals surface area contributed by atoms with Crippen LogP contribution < -0.4 is 0 Å². The van der Waals surface area contributed by atoms with Crippen molar-refractivity contribution in [3.05, 3.63) is 83.7 Å². The lowest BCUT2D eigenvalue weighted by molar-refractivity contribution is 0.617. The molecule has 0 unspecified atom stereocenters. The van der Waals surface area contributed by atoms with Gasteiger partial charge < -0.3 is 0 Å².